The molecular weight excluding hydrogens is 200 g/mol. The number of hydrogen-bond donors (Lipinski definition) is 1. The first kappa shape index (κ1) is 12.5. The molecule has 0 radical (unpaired) electrons. The third kappa shape index (κ3) is 3.88. The molecule has 0 amide bonds. The highest BCUT2D eigenvalue weighted by molar-refractivity contribution is 5.77. The van der Waals surface area contributed by atoms with Gasteiger partial charge >= 0.3 is 0 Å². The van der Waals surface area contributed by atoms with Crippen molar-refractivity contribution in [2.24, 2.45) is 10.7 Å². The van der Waals surface area contributed by atoms with Gasteiger partial charge in [-0.3, -0.25) is 9.98 Å². The van der Waals surface area contributed by atoms with E-state index in [-0.39, 0.29) is 0 Å². The second kappa shape index (κ2) is 6.82. The standard InChI is InChI=1S/C12H20N4/c1-3-16(4-2)12(13)15-9-7-11-6-5-8-14-10-11/h5-6,8,10H,3-4,7,9H2,1-2H3,(H2,13,15). The Balaban J connectivity index is 2.42. The Morgan fingerprint density at radius 2 is 2.19 bits per heavy atom. The van der Waals surface area contributed by atoms with Gasteiger partial charge in [-0.25, -0.2) is 0 Å². The van der Waals surface area contributed by atoms with Crippen molar-refractivity contribution in [1.29, 1.82) is 0 Å². The van der Waals surface area contributed by atoms with E-state index in [0.29, 0.717) is 12.5 Å². The van der Waals surface area contributed by atoms with Crippen molar-refractivity contribution >= 4 is 5.96 Å². The zero-order chi connectivity index (χ0) is 11.8. The third-order valence-corrected chi connectivity index (χ3v) is 2.48. The lowest BCUT2D eigenvalue weighted by Crippen LogP contribution is -2.37. The van der Waals surface area contributed by atoms with E-state index < -0.39 is 0 Å². The lowest BCUT2D eigenvalue weighted by atomic mass is 10.2. The maximum atomic E-state index is 5.86. The van der Waals surface area contributed by atoms with Crippen LogP contribution in [0.5, 0.6) is 0 Å². The van der Waals surface area contributed by atoms with Crippen molar-refractivity contribution in [3.8, 4) is 0 Å². The number of aliphatic imine (C=N–C) groups is 1. The first-order chi connectivity index (χ1) is 7.77. The Morgan fingerprint density at radius 3 is 2.75 bits per heavy atom. The van der Waals surface area contributed by atoms with Crippen LogP contribution in [0.25, 0.3) is 0 Å². The zero-order valence-electron chi connectivity index (χ0n) is 10.1. The molecular formula is C12H20N4. The van der Waals surface area contributed by atoms with Gasteiger partial charge in [0.25, 0.3) is 0 Å². The molecule has 0 aliphatic heterocycles. The van der Waals surface area contributed by atoms with E-state index in [1.165, 1.54) is 5.56 Å². The summed E-state index contributed by atoms with van der Waals surface area (Å²) >= 11 is 0. The van der Waals surface area contributed by atoms with Gasteiger partial charge in [0.15, 0.2) is 5.96 Å². The SMILES string of the molecule is CCN(CC)C(N)=NCCc1cccnc1. The normalized spacial score (nSPS) is 11.5. The highest BCUT2D eigenvalue weighted by Crippen LogP contribution is 1.97. The minimum absolute atomic E-state index is 0.633. The molecule has 88 valence electrons. The molecule has 16 heavy (non-hydrogen) atoms. The summed E-state index contributed by atoms with van der Waals surface area (Å²) in [5.74, 6) is 0.633. The van der Waals surface area contributed by atoms with Crippen LogP contribution in [-0.2, 0) is 6.42 Å². The van der Waals surface area contributed by atoms with Crippen molar-refractivity contribution in [2.45, 2.75) is 20.3 Å². The first-order valence-corrected chi connectivity index (χ1v) is 5.71. The van der Waals surface area contributed by atoms with Gasteiger partial charge in [0.05, 0.1) is 0 Å². The maximum Gasteiger partial charge on any atom is 0.191 e. The van der Waals surface area contributed by atoms with Crippen molar-refractivity contribution in [2.75, 3.05) is 19.6 Å². The fourth-order valence-electron chi connectivity index (χ4n) is 1.49. The number of nitrogens with two attached hydrogens (primary N) is 1. The number of nitrogens with zero attached hydrogens (tertiary/aromatic N) is 3. The molecule has 1 aromatic heterocycles. The average Bonchev–Trinajstić information content (AvgIpc) is 2.32. The van der Waals surface area contributed by atoms with Crippen LogP contribution in [-0.4, -0.2) is 35.5 Å². The van der Waals surface area contributed by atoms with Crippen LogP contribution in [0.4, 0.5) is 0 Å². The van der Waals surface area contributed by atoms with Crippen LogP contribution in [0.2, 0.25) is 0 Å². The summed E-state index contributed by atoms with van der Waals surface area (Å²) in [7, 11) is 0. The fourth-order valence-corrected chi connectivity index (χ4v) is 1.49. The number of rotatable bonds is 5. The summed E-state index contributed by atoms with van der Waals surface area (Å²) in [6.07, 6.45) is 4.52. The molecule has 4 heteroatoms. The molecule has 0 atom stereocenters. The molecule has 0 spiro atoms. The highest BCUT2D eigenvalue weighted by Gasteiger charge is 2.00. The van der Waals surface area contributed by atoms with Crippen LogP contribution in [0.1, 0.15) is 19.4 Å². The molecule has 4 nitrogen and oxygen atoms in total. The topological polar surface area (TPSA) is 54.5 Å². The van der Waals surface area contributed by atoms with Crippen LogP contribution < -0.4 is 5.73 Å². The van der Waals surface area contributed by atoms with Gasteiger partial charge in [0.2, 0.25) is 0 Å². The van der Waals surface area contributed by atoms with Crippen molar-refractivity contribution in [3.63, 3.8) is 0 Å². The molecule has 0 unspecified atom stereocenters. The van der Waals surface area contributed by atoms with E-state index in [0.717, 1.165) is 19.5 Å². The van der Waals surface area contributed by atoms with E-state index in [2.05, 4.69) is 29.9 Å². The van der Waals surface area contributed by atoms with Gasteiger partial charge in [-0.05, 0) is 31.9 Å². The van der Waals surface area contributed by atoms with Crippen LogP contribution in [0.15, 0.2) is 29.5 Å². The van der Waals surface area contributed by atoms with E-state index in [9.17, 15) is 0 Å². The third-order valence-electron chi connectivity index (χ3n) is 2.48. The minimum Gasteiger partial charge on any atom is -0.370 e. The summed E-state index contributed by atoms with van der Waals surface area (Å²) < 4.78 is 0. The van der Waals surface area contributed by atoms with Crippen LogP contribution in [0, 0.1) is 0 Å². The Kier molecular flexibility index (Phi) is 5.32. The number of pyridine rings is 1. The summed E-state index contributed by atoms with van der Waals surface area (Å²) in [4.78, 5) is 10.5. The minimum atomic E-state index is 0.633. The number of aromatic nitrogens is 1. The van der Waals surface area contributed by atoms with Gasteiger partial charge in [0, 0.05) is 32.0 Å². The summed E-state index contributed by atoms with van der Waals surface area (Å²) in [5, 5.41) is 0. The largest absolute Gasteiger partial charge is 0.370 e. The molecule has 0 fully saturated rings. The second-order valence-electron chi connectivity index (χ2n) is 3.52. The van der Waals surface area contributed by atoms with Gasteiger partial charge in [0.1, 0.15) is 0 Å². The van der Waals surface area contributed by atoms with Crippen molar-refractivity contribution < 1.29 is 0 Å². The van der Waals surface area contributed by atoms with E-state index >= 15 is 0 Å². The number of guanidine groups is 1. The van der Waals surface area contributed by atoms with Gasteiger partial charge in [-0.1, -0.05) is 6.07 Å². The molecule has 0 aliphatic rings. The lowest BCUT2D eigenvalue weighted by molar-refractivity contribution is 0.458. The van der Waals surface area contributed by atoms with Gasteiger partial charge < -0.3 is 10.6 Å². The number of hydrogen-bond acceptors (Lipinski definition) is 2. The summed E-state index contributed by atoms with van der Waals surface area (Å²) in [6.45, 7) is 6.67. The molecule has 0 aliphatic carbocycles. The average molecular weight is 220 g/mol. The first-order valence-electron chi connectivity index (χ1n) is 5.71. The summed E-state index contributed by atoms with van der Waals surface area (Å²) in [6, 6.07) is 3.99. The van der Waals surface area contributed by atoms with E-state index in [1.54, 1.807) is 6.20 Å². The second-order valence-corrected chi connectivity index (χ2v) is 3.52. The Labute approximate surface area is 97.2 Å². The van der Waals surface area contributed by atoms with Gasteiger partial charge in [-0.2, -0.15) is 0 Å². The van der Waals surface area contributed by atoms with Crippen molar-refractivity contribution in [3.05, 3.63) is 30.1 Å². The predicted molar refractivity (Wildman–Crippen MR) is 67.4 cm³/mol. The van der Waals surface area contributed by atoms with Crippen molar-refractivity contribution in [1.82, 2.24) is 9.88 Å². The monoisotopic (exact) mass is 220 g/mol. The molecule has 0 aromatic carbocycles. The molecule has 1 aromatic rings. The van der Waals surface area contributed by atoms with Gasteiger partial charge in [-0.15, -0.1) is 0 Å². The maximum absolute atomic E-state index is 5.86. The predicted octanol–water partition coefficient (Wildman–Crippen LogP) is 1.28. The molecule has 2 N–H and O–H groups in total. The van der Waals surface area contributed by atoms with E-state index in [4.69, 9.17) is 5.73 Å². The molecule has 0 saturated heterocycles. The molecule has 0 bridgehead atoms. The Bertz CT molecular complexity index is 317. The molecule has 0 saturated carbocycles. The smallest absolute Gasteiger partial charge is 0.191 e. The summed E-state index contributed by atoms with van der Waals surface area (Å²) in [5.41, 5.74) is 7.06. The molecule has 1 heterocycles. The Morgan fingerprint density at radius 1 is 1.44 bits per heavy atom. The quantitative estimate of drug-likeness (QED) is 0.601. The van der Waals surface area contributed by atoms with Crippen LogP contribution in [0.3, 0.4) is 0 Å². The zero-order valence-corrected chi connectivity index (χ0v) is 10.1. The van der Waals surface area contributed by atoms with Crippen LogP contribution >= 0.6 is 0 Å². The lowest BCUT2D eigenvalue weighted by Gasteiger charge is -2.19. The van der Waals surface area contributed by atoms with E-state index in [1.807, 2.05) is 17.2 Å². The highest BCUT2D eigenvalue weighted by atomic mass is 15.2. The Hall–Kier alpha value is -1.58. The fraction of sp³-hybridized carbons (Fsp3) is 0.500. The molecule has 1 rings (SSSR count).